The van der Waals surface area contributed by atoms with Crippen molar-refractivity contribution in [3.8, 4) is 0 Å². The van der Waals surface area contributed by atoms with Gasteiger partial charge in [0, 0.05) is 15.7 Å². The van der Waals surface area contributed by atoms with Crippen LogP contribution in [-0.4, -0.2) is 17.0 Å². The SMILES string of the molecule is Cc1cc(Br)ccc1C(=O)Nc1ccc(CC(=O)O)cc1. The summed E-state index contributed by atoms with van der Waals surface area (Å²) in [4.78, 5) is 22.8. The van der Waals surface area contributed by atoms with Crippen LogP contribution in [0.5, 0.6) is 0 Å². The lowest BCUT2D eigenvalue weighted by Crippen LogP contribution is -2.13. The number of amides is 1. The molecule has 2 N–H and O–H groups in total. The highest BCUT2D eigenvalue weighted by molar-refractivity contribution is 9.10. The number of carbonyl (C=O) groups excluding carboxylic acids is 1. The molecule has 0 bridgehead atoms. The molecule has 5 heteroatoms. The molecule has 0 aliphatic carbocycles. The molecule has 0 unspecified atom stereocenters. The third-order valence-electron chi connectivity index (χ3n) is 3.00. The van der Waals surface area contributed by atoms with E-state index in [1.165, 1.54) is 0 Å². The molecule has 0 atom stereocenters. The van der Waals surface area contributed by atoms with Crippen molar-refractivity contribution in [3.63, 3.8) is 0 Å². The summed E-state index contributed by atoms with van der Waals surface area (Å²) in [6.45, 7) is 1.87. The summed E-state index contributed by atoms with van der Waals surface area (Å²) in [6, 6.07) is 12.2. The molecular formula is C16H14BrNO3. The molecule has 2 aromatic carbocycles. The lowest BCUT2D eigenvalue weighted by molar-refractivity contribution is -0.136. The first kappa shape index (κ1) is 15.3. The Morgan fingerprint density at radius 3 is 2.38 bits per heavy atom. The van der Waals surface area contributed by atoms with E-state index in [4.69, 9.17) is 5.11 Å². The third-order valence-corrected chi connectivity index (χ3v) is 3.49. The first-order valence-electron chi connectivity index (χ1n) is 6.34. The van der Waals surface area contributed by atoms with Gasteiger partial charge in [0.2, 0.25) is 0 Å². The Morgan fingerprint density at radius 1 is 1.14 bits per heavy atom. The highest BCUT2D eigenvalue weighted by Crippen LogP contribution is 2.18. The molecule has 0 aliphatic heterocycles. The van der Waals surface area contributed by atoms with Crippen LogP contribution in [0.1, 0.15) is 21.5 Å². The van der Waals surface area contributed by atoms with Crippen molar-refractivity contribution in [3.05, 3.63) is 63.6 Å². The minimum Gasteiger partial charge on any atom is -0.481 e. The second kappa shape index (κ2) is 6.54. The van der Waals surface area contributed by atoms with E-state index in [1.807, 2.05) is 19.1 Å². The molecule has 0 saturated carbocycles. The standard InChI is InChI=1S/C16H14BrNO3/c1-10-8-12(17)4-7-14(10)16(21)18-13-5-2-11(3-6-13)9-15(19)20/h2-8H,9H2,1H3,(H,18,21)(H,19,20). The van der Waals surface area contributed by atoms with Crippen molar-refractivity contribution in [2.24, 2.45) is 0 Å². The molecule has 0 aromatic heterocycles. The van der Waals surface area contributed by atoms with Gasteiger partial charge in [-0.05, 0) is 48.4 Å². The van der Waals surface area contributed by atoms with Gasteiger partial charge in [-0.15, -0.1) is 0 Å². The summed E-state index contributed by atoms with van der Waals surface area (Å²) in [5.74, 6) is -1.07. The maximum absolute atomic E-state index is 12.2. The average molecular weight is 348 g/mol. The number of nitrogens with one attached hydrogen (secondary N) is 1. The number of anilines is 1. The number of carbonyl (C=O) groups is 2. The number of halogens is 1. The van der Waals surface area contributed by atoms with Gasteiger partial charge >= 0.3 is 5.97 Å². The van der Waals surface area contributed by atoms with Gasteiger partial charge < -0.3 is 10.4 Å². The maximum atomic E-state index is 12.2. The largest absolute Gasteiger partial charge is 0.481 e. The minimum atomic E-state index is -0.878. The fourth-order valence-electron chi connectivity index (χ4n) is 1.96. The van der Waals surface area contributed by atoms with Gasteiger partial charge in [-0.3, -0.25) is 9.59 Å². The van der Waals surface area contributed by atoms with Crippen LogP contribution in [0.4, 0.5) is 5.69 Å². The number of aliphatic carboxylic acids is 1. The predicted octanol–water partition coefficient (Wildman–Crippen LogP) is 3.64. The Bertz CT molecular complexity index is 680. The van der Waals surface area contributed by atoms with Crippen LogP contribution >= 0.6 is 15.9 Å². The number of carboxylic acid groups (broad SMARTS) is 1. The van der Waals surface area contributed by atoms with Crippen LogP contribution < -0.4 is 5.32 Å². The molecule has 0 radical (unpaired) electrons. The maximum Gasteiger partial charge on any atom is 0.307 e. The molecule has 108 valence electrons. The van der Waals surface area contributed by atoms with Gasteiger partial charge in [0.15, 0.2) is 0 Å². The van der Waals surface area contributed by atoms with Gasteiger partial charge in [-0.2, -0.15) is 0 Å². The molecule has 2 rings (SSSR count). The summed E-state index contributed by atoms with van der Waals surface area (Å²) >= 11 is 3.36. The van der Waals surface area contributed by atoms with Crippen molar-refractivity contribution in [2.75, 3.05) is 5.32 Å². The molecule has 4 nitrogen and oxygen atoms in total. The summed E-state index contributed by atoms with van der Waals surface area (Å²) in [6.07, 6.45) is -0.0277. The number of hydrogen-bond acceptors (Lipinski definition) is 2. The van der Waals surface area contributed by atoms with Gasteiger partial charge in [-0.25, -0.2) is 0 Å². The normalized spacial score (nSPS) is 10.2. The number of carboxylic acids is 1. The smallest absolute Gasteiger partial charge is 0.307 e. The van der Waals surface area contributed by atoms with Crippen molar-refractivity contribution >= 4 is 33.5 Å². The highest BCUT2D eigenvalue weighted by Gasteiger charge is 2.09. The average Bonchev–Trinajstić information content (AvgIpc) is 2.40. The summed E-state index contributed by atoms with van der Waals surface area (Å²) in [5, 5.41) is 11.5. The molecule has 2 aromatic rings. The third kappa shape index (κ3) is 4.16. The fourth-order valence-corrected chi connectivity index (χ4v) is 2.44. The quantitative estimate of drug-likeness (QED) is 0.887. The summed E-state index contributed by atoms with van der Waals surface area (Å²) in [5.41, 5.74) is 2.81. The monoisotopic (exact) mass is 347 g/mol. The second-order valence-corrected chi connectivity index (χ2v) is 5.60. The summed E-state index contributed by atoms with van der Waals surface area (Å²) < 4.78 is 0.926. The Kier molecular flexibility index (Phi) is 4.75. The zero-order valence-electron chi connectivity index (χ0n) is 11.4. The van der Waals surface area contributed by atoms with Crippen molar-refractivity contribution in [1.82, 2.24) is 0 Å². The Labute approximate surface area is 130 Å². The van der Waals surface area contributed by atoms with E-state index in [2.05, 4.69) is 21.2 Å². The first-order chi connectivity index (χ1) is 9.95. The van der Waals surface area contributed by atoms with Gasteiger partial charge in [0.05, 0.1) is 6.42 Å². The van der Waals surface area contributed by atoms with Crippen LogP contribution in [0.25, 0.3) is 0 Å². The van der Waals surface area contributed by atoms with E-state index in [9.17, 15) is 9.59 Å². The number of aryl methyl sites for hydroxylation is 1. The van der Waals surface area contributed by atoms with Crippen LogP contribution in [0.15, 0.2) is 46.9 Å². The molecular weight excluding hydrogens is 334 g/mol. The topological polar surface area (TPSA) is 66.4 Å². The Balaban J connectivity index is 2.10. The van der Waals surface area contributed by atoms with E-state index < -0.39 is 5.97 Å². The van der Waals surface area contributed by atoms with Crippen molar-refractivity contribution < 1.29 is 14.7 Å². The van der Waals surface area contributed by atoms with Crippen LogP contribution in [-0.2, 0) is 11.2 Å². The first-order valence-corrected chi connectivity index (χ1v) is 7.13. The summed E-state index contributed by atoms with van der Waals surface area (Å²) in [7, 11) is 0. The van der Waals surface area contributed by atoms with Gasteiger partial charge in [-0.1, -0.05) is 28.1 Å². The zero-order chi connectivity index (χ0) is 15.4. The van der Waals surface area contributed by atoms with Crippen molar-refractivity contribution in [1.29, 1.82) is 0 Å². The van der Waals surface area contributed by atoms with Gasteiger partial charge in [0.1, 0.15) is 0 Å². The highest BCUT2D eigenvalue weighted by atomic mass is 79.9. The van der Waals surface area contributed by atoms with Crippen LogP contribution in [0.2, 0.25) is 0 Å². The second-order valence-electron chi connectivity index (χ2n) is 4.68. The van der Waals surface area contributed by atoms with E-state index in [0.717, 1.165) is 10.0 Å². The fraction of sp³-hybridized carbons (Fsp3) is 0.125. The molecule has 0 spiro atoms. The van der Waals surface area contributed by atoms with E-state index in [-0.39, 0.29) is 12.3 Å². The predicted molar refractivity (Wildman–Crippen MR) is 84.6 cm³/mol. The van der Waals surface area contributed by atoms with Gasteiger partial charge in [0.25, 0.3) is 5.91 Å². The number of rotatable bonds is 4. The minimum absolute atomic E-state index is 0.0277. The van der Waals surface area contributed by atoms with Crippen molar-refractivity contribution in [2.45, 2.75) is 13.3 Å². The molecule has 0 saturated heterocycles. The Hall–Kier alpha value is -2.14. The molecule has 0 fully saturated rings. The molecule has 0 heterocycles. The Morgan fingerprint density at radius 2 is 1.81 bits per heavy atom. The molecule has 21 heavy (non-hydrogen) atoms. The lowest BCUT2D eigenvalue weighted by Gasteiger charge is -2.08. The van der Waals surface area contributed by atoms with Crippen LogP contribution in [0.3, 0.4) is 0 Å². The van der Waals surface area contributed by atoms with E-state index >= 15 is 0 Å². The lowest BCUT2D eigenvalue weighted by atomic mass is 10.1. The number of hydrogen-bond donors (Lipinski definition) is 2. The zero-order valence-corrected chi connectivity index (χ0v) is 13.0. The molecule has 0 aliphatic rings. The molecule has 1 amide bonds. The van der Waals surface area contributed by atoms with Crippen LogP contribution in [0, 0.1) is 6.92 Å². The number of benzene rings is 2. The van der Waals surface area contributed by atoms with E-state index in [0.29, 0.717) is 16.8 Å². The van der Waals surface area contributed by atoms with E-state index in [1.54, 1.807) is 30.3 Å².